The lowest BCUT2D eigenvalue weighted by atomic mass is 10.3. The van der Waals surface area contributed by atoms with Crippen LogP contribution in [0.1, 0.15) is 31.1 Å². The second kappa shape index (κ2) is 5.93. The van der Waals surface area contributed by atoms with E-state index < -0.39 is 0 Å². The van der Waals surface area contributed by atoms with Crippen LogP contribution in [0.3, 0.4) is 0 Å². The minimum atomic E-state index is 0.417. The summed E-state index contributed by atoms with van der Waals surface area (Å²) in [5, 5.41) is 7.54. The lowest BCUT2D eigenvalue weighted by molar-refractivity contribution is 0.245. The van der Waals surface area contributed by atoms with Gasteiger partial charge in [-0.25, -0.2) is 4.68 Å². The molecule has 104 valence electrons. The molecule has 0 atom stereocenters. The fourth-order valence-corrected chi connectivity index (χ4v) is 1.77. The van der Waals surface area contributed by atoms with E-state index in [0.29, 0.717) is 12.6 Å². The number of aromatic nitrogens is 2. The lowest BCUT2D eigenvalue weighted by Gasteiger charge is -2.05. The Hall–Kier alpha value is -1.75. The van der Waals surface area contributed by atoms with Crippen LogP contribution in [-0.2, 0) is 20.2 Å². The highest BCUT2D eigenvalue weighted by molar-refractivity contribution is 5.15. The Balaban J connectivity index is 1.88. The first-order valence-electron chi connectivity index (χ1n) is 6.49. The third kappa shape index (κ3) is 3.86. The van der Waals surface area contributed by atoms with Gasteiger partial charge in [-0.2, -0.15) is 5.10 Å². The molecule has 0 unspecified atom stereocenters. The number of furan rings is 1. The molecule has 2 aromatic heterocycles. The van der Waals surface area contributed by atoms with E-state index in [1.54, 1.807) is 4.68 Å². The van der Waals surface area contributed by atoms with Crippen LogP contribution in [0.5, 0.6) is 5.88 Å². The van der Waals surface area contributed by atoms with Crippen molar-refractivity contribution in [3.8, 4) is 5.88 Å². The number of aryl methyl sites for hydroxylation is 2. The van der Waals surface area contributed by atoms with Crippen molar-refractivity contribution in [2.75, 3.05) is 0 Å². The number of hydrogen-bond acceptors (Lipinski definition) is 4. The molecule has 0 bridgehead atoms. The Bertz CT molecular complexity index is 529. The summed E-state index contributed by atoms with van der Waals surface area (Å²) in [6.45, 7) is 7.31. The number of hydrogen-bond donors (Lipinski definition) is 1. The Kier molecular flexibility index (Phi) is 4.27. The number of nitrogens with zero attached hydrogens (tertiary/aromatic N) is 2. The number of nitrogens with one attached hydrogen (secondary N) is 1. The first-order valence-corrected chi connectivity index (χ1v) is 6.49. The molecule has 0 spiro atoms. The Morgan fingerprint density at radius 1 is 1.37 bits per heavy atom. The zero-order chi connectivity index (χ0) is 13.8. The van der Waals surface area contributed by atoms with Gasteiger partial charge in [0.2, 0.25) is 5.88 Å². The van der Waals surface area contributed by atoms with Crippen LogP contribution in [0.2, 0.25) is 0 Å². The first-order chi connectivity index (χ1) is 9.04. The van der Waals surface area contributed by atoms with Crippen molar-refractivity contribution in [2.45, 2.75) is 40.0 Å². The molecule has 1 N–H and O–H groups in total. The van der Waals surface area contributed by atoms with Crippen LogP contribution < -0.4 is 10.1 Å². The van der Waals surface area contributed by atoms with E-state index in [2.05, 4.69) is 24.3 Å². The molecular weight excluding hydrogens is 242 g/mol. The minimum Gasteiger partial charge on any atom is -0.470 e. The van der Waals surface area contributed by atoms with Crippen LogP contribution >= 0.6 is 0 Å². The third-order valence-corrected chi connectivity index (χ3v) is 2.72. The average molecular weight is 263 g/mol. The van der Waals surface area contributed by atoms with Crippen LogP contribution in [0.15, 0.2) is 22.6 Å². The van der Waals surface area contributed by atoms with Crippen molar-refractivity contribution in [1.29, 1.82) is 0 Å². The maximum absolute atomic E-state index is 5.69. The van der Waals surface area contributed by atoms with Crippen molar-refractivity contribution in [1.82, 2.24) is 15.1 Å². The predicted molar refractivity (Wildman–Crippen MR) is 73.0 cm³/mol. The van der Waals surface area contributed by atoms with Gasteiger partial charge in [-0.3, -0.25) is 0 Å². The fraction of sp³-hybridized carbons (Fsp3) is 0.500. The van der Waals surface area contributed by atoms with E-state index in [0.717, 1.165) is 29.6 Å². The van der Waals surface area contributed by atoms with Crippen molar-refractivity contribution in [3.05, 3.63) is 35.4 Å². The van der Waals surface area contributed by atoms with Crippen molar-refractivity contribution in [3.63, 3.8) is 0 Å². The molecule has 0 radical (unpaired) electrons. The van der Waals surface area contributed by atoms with Gasteiger partial charge in [0.25, 0.3) is 0 Å². The summed E-state index contributed by atoms with van der Waals surface area (Å²) in [5.74, 6) is 2.49. The Morgan fingerprint density at radius 3 is 2.74 bits per heavy atom. The normalized spacial score (nSPS) is 11.2. The van der Waals surface area contributed by atoms with Gasteiger partial charge in [0.1, 0.15) is 18.1 Å². The molecule has 2 rings (SSSR count). The molecule has 19 heavy (non-hydrogen) atoms. The van der Waals surface area contributed by atoms with Gasteiger partial charge in [0.05, 0.1) is 12.2 Å². The van der Waals surface area contributed by atoms with Gasteiger partial charge in [-0.1, -0.05) is 13.8 Å². The molecule has 0 saturated carbocycles. The van der Waals surface area contributed by atoms with Gasteiger partial charge in [0, 0.05) is 19.2 Å². The Morgan fingerprint density at radius 2 is 2.11 bits per heavy atom. The molecule has 0 fully saturated rings. The van der Waals surface area contributed by atoms with E-state index in [1.165, 1.54) is 0 Å². The summed E-state index contributed by atoms with van der Waals surface area (Å²) in [7, 11) is 1.86. The highest BCUT2D eigenvalue weighted by Gasteiger charge is 2.06. The molecule has 0 aromatic carbocycles. The smallest absolute Gasteiger partial charge is 0.212 e. The molecule has 5 nitrogen and oxygen atoms in total. The number of ether oxygens (including phenoxy) is 1. The molecule has 2 heterocycles. The van der Waals surface area contributed by atoms with Crippen LogP contribution in [0.25, 0.3) is 0 Å². The molecule has 2 aromatic rings. The lowest BCUT2D eigenvalue weighted by Crippen LogP contribution is -2.21. The summed E-state index contributed by atoms with van der Waals surface area (Å²) in [4.78, 5) is 0. The largest absolute Gasteiger partial charge is 0.470 e. The average Bonchev–Trinajstić information content (AvgIpc) is 2.91. The summed E-state index contributed by atoms with van der Waals surface area (Å²) in [6, 6.07) is 6.27. The summed E-state index contributed by atoms with van der Waals surface area (Å²) in [6.07, 6.45) is 0. The third-order valence-electron chi connectivity index (χ3n) is 2.72. The predicted octanol–water partition coefficient (Wildman–Crippen LogP) is 2.40. The molecule has 0 aliphatic rings. The molecule has 5 heteroatoms. The first kappa shape index (κ1) is 13.7. The summed E-state index contributed by atoms with van der Waals surface area (Å²) < 4.78 is 13.1. The second-order valence-electron chi connectivity index (χ2n) is 4.94. The van der Waals surface area contributed by atoms with Gasteiger partial charge in [-0.05, 0) is 19.1 Å². The van der Waals surface area contributed by atoms with Crippen molar-refractivity contribution < 1.29 is 9.15 Å². The molecule has 0 aliphatic heterocycles. The van der Waals surface area contributed by atoms with E-state index in [9.17, 15) is 0 Å². The zero-order valence-corrected chi connectivity index (χ0v) is 11.9. The topological polar surface area (TPSA) is 52.2 Å². The fourth-order valence-electron chi connectivity index (χ4n) is 1.77. The SMILES string of the molecule is Cc1cc(OCc2ccc(CNC(C)C)o2)n(C)n1. The van der Waals surface area contributed by atoms with Gasteiger partial charge < -0.3 is 14.5 Å². The van der Waals surface area contributed by atoms with Gasteiger partial charge in [-0.15, -0.1) is 0 Å². The van der Waals surface area contributed by atoms with Gasteiger partial charge >= 0.3 is 0 Å². The van der Waals surface area contributed by atoms with Crippen LogP contribution in [-0.4, -0.2) is 15.8 Å². The zero-order valence-electron chi connectivity index (χ0n) is 11.9. The van der Waals surface area contributed by atoms with E-state index in [1.807, 2.05) is 32.2 Å². The monoisotopic (exact) mass is 263 g/mol. The maximum Gasteiger partial charge on any atom is 0.212 e. The van der Waals surface area contributed by atoms with E-state index in [4.69, 9.17) is 9.15 Å². The molecular formula is C14H21N3O2. The Labute approximate surface area is 113 Å². The molecule has 0 amide bonds. The van der Waals surface area contributed by atoms with E-state index >= 15 is 0 Å². The van der Waals surface area contributed by atoms with E-state index in [-0.39, 0.29) is 0 Å². The van der Waals surface area contributed by atoms with Crippen LogP contribution in [0.4, 0.5) is 0 Å². The maximum atomic E-state index is 5.69. The van der Waals surface area contributed by atoms with Gasteiger partial charge in [0.15, 0.2) is 0 Å². The standard InChI is InChI=1S/C14H21N3O2/c1-10(2)15-8-12-5-6-13(19-12)9-18-14-7-11(3)16-17(14)4/h5-7,10,15H,8-9H2,1-4H3. The quantitative estimate of drug-likeness (QED) is 0.869. The number of rotatable bonds is 6. The summed E-state index contributed by atoms with van der Waals surface area (Å²) in [5.41, 5.74) is 0.943. The minimum absolute atomic E-state index is 0.417. The van der Waals surface area contributed by atoms with Crippen LogP contribution in [0, 0.1) is 6.92 Å². The van der Waals surface area contributed by atoms with Crippen molar-refractivity contribution >= 4 is 0 Å². The highest BCUT2D eigenvalue weighted by atomic mass is 16.5. The second-order valence-corrected chi connectivity index (χ2v) is 4.94. The highest BCUT2D eigenvalue weighted by Crippen LogP contribution is 2.15. The molecule has 0 saturated heterocycles. The summed E-state index contributed by atoms with van der Waals surface area (Å²) >= 11 is 0. The van der Waals surface area contributed by atoms with Crippen molar-refractivity contribution in [2.24, 2.45) is 7.05 Å². The molecule has 0 aliphatic carbocycles.